The van der Waals surface area contributed by atoms with Crippen molar-refractivity contribution >= 4 is 28.3 Å². The zero-order chi connectivity index (χ0) is 21.0. The van der Waals surface area contributed by atoms with Crippen LogP contribution in [0.3, 0.4) is 0 Å². The van der Waals surface area contributed by atoms with Crippen LogP contribution in [0.5, 0.6) is 0 Å². The molecule has 0 unspecified atom stereocenters. The van der Waals surface area contributed by atoms with Crippen molar-refractivity contribution in [3.05, 3.63) is 36.7 Å². The number of hydrogen-bond donors (Lipinski definition) is 1. The number of amides is 1. The van der Waals surface area contributed by atoms with E-state index in [4.69, 9.17) is 19.4 Å². The van der Waals surface area contributed by atoms with Crippen LogP contribution in [0.4, 0.5) is 11.5 Å². The van der Waals surface area contributed by atoms with E-state index >= 15 is 0 Å². The van der Waals surface area contributed by atoms with Gasteiger partial charge in [0, 0.05) is 48.5 Å². The summed E-state index contributed by atoms with van der Waals surface area (Å²) in [6, 6.07) is 8.22. The Kier molecular flexibility index (Phi) is 4.26. The van der Waals surface area contributed by atoms with E-state index in [2.05, 4.69) is 16.0 Å². The summed E-state index contributed by atoms with van der Waals surface area (Å²) in [6.45, 7) is 4.85. The molecule has 1 atom stereocenters. The summed E-state index contributed by atoms with van der Waals surface area (Å²) in [5.74, 6) is 1.54. The number of aromatic amines is 1. The highest BCUT2D eigenvalue weighted by atomic mass is 16.5. The number of anilines is 2. The smallest absolute Gasteiger partial charge is 0.255 e. The Morgan fingerprint density at radius 3 is 2.87 bits per heavy atom. The molecule has 2 fully saturated rings. The molecule has 2 aromatic heterocycles. The lowest BCUT2D eigenvalue weighted by Gasteiger charge is -2.52. The first-order valence-electron chi connectivity index (χ1n) is 10.9. The average Bonchev–Trinajstić information content (AvgIpc) is 3.24. The number of fused-ring (bicyclic) bond motifs is 4. The summed E-state index contributed by atoms with van der Waals surface area (Å²) in [5, 5.41) is 1.08. The standard InChI is InChI=1S/C23H25N5O3/c1-23-14-31-11-8-27(23)21-19(28(22(23)29)15-6-9-30-10-7-15)13-25-20(26-21)17-12-24-18-5-3-2-4-16(17)18/h2-5,12-13,15,24H,6-11,14H2,1H3/t23-/m0/s1. The van der Waals surface area contributed by atoms with Gasteiger partial charge in [-0.05, 0) is 25.8 Å². The van der Waals surface area contributed by atoms with Crippen molar-refractivity contribution in [2.45, 2.75) is 31.3 Å². The van der Waals surface area contributed by atoms with Crippen molar-refractivity contribution in [2.24, 2.45) is 0 Å². The molecular weight excluding hydrogens is 394 g/mol. The van der Waals surface area contributed by atoms with E-state index in [1.165, 1.54) is 0 Å². The highest BCUT2D eigenvalue weighted by molar-refractivity contribution is 6.08. The van der Waals surface area contributed by atoms with E-state index in [0.717, 1.165) is 40.8 Å². The van der Waals surface area contributed by atoms with Crippen molar-refractivity contribution < 1.29 is 14.3 Å². The first-order valence-corrected chi connectivity index (χ1v) is 10.9. The van der Waals surface area contributed by atoms with Gasteiger partial charge in [-0.1, -0.05) is 18.2 Å². The third-order valence-electron chi connectivity index (χ3n) is 6.77. The molecule has 31 heavy (non-hydrogen) atoms. The molecule has 1 amide bonds. The van der Waals surface area contributed by atoms with Crippen molar-refractivity contribution in [3.63, 3.8) is 0 Å². The van der Waals surface area contributed by atoms with Crippen LogP contribution in [-0.2, 0) is 14.3 Å². The van der Waals surface area contributed by atoms with Gasteiger partial charge in [0.05, 0.1) is 19.4 Å². The molecule has 3 aliphatic rings. The number of para-hydroxylation sites is 1. The molecule has 1 N–H and O–H groups in total. The van der Waals surface area contributed by atoms with Crippen LogP contribution in [0.15, 0.2) is 36.7 Å². The fourth-order valence-electron chi connectivity index (χ4n) is 5.06. The van der Waals surface area contributed by atoms with Gasteiger partial charge in [-0.25, -0.2) is 9.97 Å². The van der Waals surface area contributed by atoms with E-state index in [0.29, 0.717) is 38.8 Å². The first kappa shape index (κ1) is 18.8. The Bertz CT molecular complexity index is 1160. The molecule has 5 heterocycles. The first-order chi connectivity index (χ1) is 15.2. The monoisotopic (exact) mass is 419 g/mol. The summed E-state index contributed by atoms with van der Waals surface area (Å²) in [6.07, 6.45) is 5.40. The summed E-state index contributed by atoms with van der Waals surface area (Å²) in [5.41, 5.74) is 2.03. The van der Waals surface area contributed by atoms with Gasteiger partial charge in [-0.2, -0.15) is 0 Å². The molecule has 1 aromatic carbocycles. The minimum atomic E-state index is -0.768. The van der Waals surface area contributed by atoms with Gasteiger partial charge in [-0.15, -0.1) is 0 Å². The highest BCUT2D eigenvalue weighted by Gasteiger charge is 2.52. The summed E-state index contributed by atoms with van der Waals surface area (Å²) in [7, 11) is 0. The highest BCUT2D eigenvalue weighted by Crippen LogP contribution is 2.43. The lowest BCUT2D eigenvalue weighted by Crippen LogP contribution is -2.69. The van der Waals surface area contributed by atoms with Gasteiger partial charge < -0.3 is 24.3 Å². The topological polar surface area (TPSA) is 83.6 Å². The van der Waals surface area contributed by atoms with Gasteiger partial charge in [0.2, 0.25) is 0 Å². The van der Waals surface area contributed by atoms with Crippen LogP contribution in [0.25, 0.3) is 22.3 Å². The van der Waals surface area contributed by atoms with Gasteiger partial charge in [0.1, 0.15) is 11.2 Å². The van der Waals surface area contributed by atoms with E-state index in [1.807, 2.05) is 42.4 Å². The molecule has 0 spiro atoms. The van der Waals surface area contributed by atoms with E-state index in [9.17, 15) is 4.79 Å². The molecule has 8 nitrogen and oxygen atoms in total. The van der Waals surface area contributed by atoms with Gasteiger partial charge >= 0.3 is 0 Å². The number of nitrogens with one attached hydrogen (secondary N) is 1. The molecule has 3 aromatic rings. The number of nitrogens with zero attached hydrogens (tertiary/aromatic N) is 4. The molecule has 3 aliphatic heterocycles. The molecule has 8 heteroatoms. The Morgan fingerprint density at radius 1 is 1.16 bits per heavy atom. The lowest BCUT2D eigenvalue weighted by molar-refractivity contribution is -0.128. The van der Waals surface area contributed by atoms with Crippen molar-refractivity contribution in [3.8, 4) is 11.4 Å². The Morgan fingerprint density at radius 2 is 2.00 bits per heavy atom. The zero-order valence-electron chi connectivity index (χ0n) is 17.5. The number of carbonyl (C=O) groups excluding carboxylic acids is 1. The maximum Gasteiger partial charge on any atom is 0.255 e. The third-order valence-corrected chi connectivity index (χ3v) is 6.77. The normalized spacial score (nSPS) is 24.4. The fraction of sp³-hybridized carbons (Fsp3) is 0.435. The largest absolute Gasteiger partial charge is 0.381 e. The molecule has 160 valence electrons. The lowest BCUT2D eigenvalue weighted by atomic mass is 9.91. The van der Waals surface area contributed by atoms with E-state index in [1.54, 1.807) is 0 Å². The van der Waals surface area contributed by atoms with E-state index < -0.39 is 5.54 Å². The number of rotatable bonds is 2. The van der Waals surface area contributed by atoms with E-state index in [-0.39, 0.29) is 11.9 Å². The molecule has 0 aliphatic carbocycles. The zero-order valence-corrected chi connectivity index (χ0v) is 17.5. The SMILES string of the molecule is C[C@@]12COCCN1c1nc(-c3c[nH]c4ccccc34)ncc1N(C1CCOCC1)C2=O. The molecule has 0 radical (unpaired) electrons. The number of morpholine rings is 1. The van der Waals surface area contributed by atoms with Crippen LogP contribution in [-0.4, -0.2) is 65.4 Å². The second kappa shape index (κ2) is 7.03. The quantitative estimate of drug-likeness (QED) is 0.688. The molecule has 2 saturated heterocycles. The number of carbonyl (C=O) groups is 1. The number of hydrogen-bond acceptors (Lipinski definition) is 6. The van der Waals surface area contributed by atoms with Crippen LogP contribution < -0.4 is 9.80 Å². The maximum atomic E-state index is 13.7. The average molecular weight is 419 g/mol. The Labute approximate surface area is 180 Å². The molecule has 6 rings (SSSR count). The number of H-pyrrole nitrogens is 1. The van der Waals surface area contributed by atoms with Gasteiger partial charge in [0.15, 0.2) is 11.6 Å². The Balaban J connectivity index is 1.51. The third kappa shape index (κ3) is 2.78. The van der Waals surface area contributed by atoms with Crippen molar-refractivity contribution in [1.29, 1.82) is 0 Å². The van der Waals surface area contributed by atoms with Crippen LogP contribution >= 0.6 is 0 Å². The van der Waals surface area contributed by atoms with Crippen molar-refractivity contribution in [1.82, 2.24) is 15.0 Å². The number of ether oxygens (including phenoxy) is 2. The summed E-state index contributed by atoms with van der Waals surface area (Å²) < 4.78 is 11.3. The van der Waals surface area contributed by atoms with Gasteiger partial charge in [0.25, 0.3) is 5.91 Å². The fourth-order valence-corrected chi connectivity index (χ4v) is 5.06. The van der Waals surface area contributed by atoms with Crippen molar-refractivity contribution in [2.75, 3.05) is 42.8 Å². The van der Waals surface area contributed by atoms with Gasteiger partial charge in [-0.3, -0.25) is 4.79 Å². The minimum Gasteiger partial charge on any atom is -0.381 e. The maximum absolute atomic E-state index is 13.7. The summed E-state index contributed by atoms with van der Waals surface area (Å²) in [4.78, 5) is 30.8. The number of benzene rings is 1. The second-order valence-electron chi connectivity index (χ2n) is 8.65. The van der Waals surface area contributed by atoms with Crippen LogP contribution in [0.2, 0.25) is 0 Å². The summed E-state index contributed by atoms with van der Waals surface area (Å²) >= 11 is 0. The Hall–Kier alpha value is -2.97. The van der Waals surface area contributed by atoms with Crippen LogP contribution in [0, 0.1) is 0 Å². The minimum absolute atomic E-state index is 0.0649. The van der Waals surface area contributed by atoms with Crippen LogP contribution in [0.1, 0.15) is 19.8 Å². The predicted molar refractivity (Wildman–Crippen MR) is 117 cm³/mol. The number of aromatic nitrogens is 3. The second-order valence-corrected chi connectivity index (χ2v) is 8.65. The molecular formula is C23H25N5O3. The molecule has 0 saturated carbocycles. The molecule has 0 bridgehead atoms. The predicted octanol–water partition coefficient (Wildman–Crippen LogP) is 2.75.